The second-order valence-electron chi connectivity index (χ2n) is 9.85. The summed E-state index contributed by atoms with van der Waals surface area (Å²) in [4.78, 5) is 20.6. The lowest BCUT2D eigenvalue weighted by atomic mass is 9.84. The van der Waals surface area contributed by atoms with Gasteiger partial charge >= 0.3 is 0 Å². The summed E-state index contributed by atoms with van der Waals surface area (Å²) >= 11 is 0. The third-order valence-electron chi connectivity index (χ3n) is 7.36. The Labute approximate surface area is 234 Å². The molecule has 7 aromatic rings. The van der Waals surface area contributed by atoms with Gasteiger partial charge in [0.1, 0.15) is 6.29 Å². The van der Waals surface area contributed by atoms with Gasteiger partial charge in [-0.3, -0.25) is 4.79 Å². The fourth-order valence-corrected chi connectivity index (χ4v) is 5.67. The van der Waals surface area contributed by atoms with Crippen LogP contribution in [0.2, 0.25) is 0 Å². The van der Waals surface area contributed by atoms with E-state index in [4.69, 9.17) is 10.5 Å². The first-order valence-corrected chi connectivity index (χ1v) is 13.3. The van der Waals surface area contributed by atoms with Crippen molar-refractivity contribution in [2.45, 2.75) is 20.8 Å². The number of aldehydes is 2. The van der Waals surface area contributed by atoms with Crippen LogP contribution in [0.4, 0.5) is 5.69 Å². The molecule has 40 heavy (non-hydrogen) atoms. The summed E-state index contributed by atoms with van der Waals surface area (Å²) in [5, 5.41) is 9.85. The molecule has 0 atom stereocenters. The molecule has 0 aliphatic carbocycles. The molecule has 0 unspecified atom stereocenters. The van der Waals surface area contributed by atoms with E-state index in [-0.39, 0.29) is 0 Å². The van der Waals surface area contributed by atoms with Gasteiger partial charge in [-0.2, -0.15) is 0 Å². The number of anilines is 1. The number of aryl methyl sites for hydroxylation is 2. The molecule has 0 spiro atoms. The maximum absolute atomic E-state index is 11.8. The van der Waals surface area contributed by atoms with E-state index in [9.17, 15) is 4.79 Å². The van der Waals surface area contributed by atoms with Crippen molar-refractivity contribution in [3.05, 3.63) is 126 Å². The minimum absolute atomic E-state index is 0.750. The Hall–Kier alpha value is -5.02. The number of para-hydroxylation sites is 1. The third-order valence-corrected chi connectivity index (χ3v) is 7.36. The van der Waals surface area contributed by atoms with Crippen molar-refractivity contribution in [2.75, 3.05) is 5.73 Å². The molecular weight excluding hydrogens is 490 g/mol. The molecule has 0 amide bonds. The third kappa shape index (κ3) is 4.67. The van der Waals surface area contributed by atoms with Crippen LogP contribution in [0, 0.1) is 13.8 Å². The second kappa shape index (κ2) is 11.4. The molecule has 0 fully saturated rings. The van der Waals surface area contributed by atoms with Gasteiger partial charge in [-0.25, -0.2) is 0 Å². The van der Waals surface area contributed by atoms with E-state index in [2.05, 4.69) is 86.6 Å². The van der Waals surface area contributed by atoms with Crippen molar-refractivity contribution in [3.8, 4) is 11.1 Å². The summed E-state index contributed by atoms with van der Waals surface area (Å²) in [6, 6.07) is 37.6. The van der Waals surface area contributed by atoms with Crippen LogP contribution >= 0.6 is 0 Å². The molecule has 7 aromatic carbocycles. The first kappa shape index (κ1) is 26.6. The van der Waals surface area contributed by atoms with Crippen LogP contribution in [0.5, 0.6) is 0 Å². The predicted octanol–water partition coefficient (Wildman–Crippen LogP) is 9.31. The van der Waals surface area contributed by atoms with Gasteiger partial charge in [0.05, 0.1) is 0 Å². The molecule has 196 valence electrons. The molecule has 0 saturated heterocycles. The summed E-state index contributed by atoms with van der Waals surface area (Å²) in [7, 11) is 0. The van der Waals surface area contributed by atoms with Crippen LogP contribution in [0.3, 0.4) is 0 Å². The van der Waals surface area contributed by atoms with Gasteiger partial charge in [0, 0.05) is 11.3 Å². The topological polar surface area (TPSA) is 60.2 Å². The molecule has 2 N–H and O–H groups in total. The van der Waals surface area contributed by atoms with Crippen LogP contribution in [0.25, 0.3) is 54.2 Å². The van der Waals surface area contributed by atoms with E-state index in [1.165, 1.54) is 61.3 Å². The quantitative estimate of drug-likeness (QED) is 0.107. The SMILES string of the molecule is CC=O.Cc1ccc2c3ccc(-c4ccccc4)c4c(C)ccc(c5ccc(C=O)c1c52)c43.Nc1ccccc1. The number of carbonyl (C=O) groups excluding carboxylic acids is 2. The maximum atomic E-state index is 11.8. The molecule has 0 aliphatic heterocycles. The Kier molecular flexibility index (Phi) is 7.56. The minimum Gasteiger partial charge on any atom is -0.399 e. The lowest BCUT2D eigenvalue weighted by molar-refractivity contribution is -0.106. The van der Waals surface area contributed by atoms with E-state index in [1.54, 1.807) is 0 Å². The van der Waals surface area contributed by atoms with Crippen LogP contribution in [-0.4, -0.2) is 12.6 Å². The molecule has 7 rings (SSSR count). The molecule has 0 aliphatic rings. The molecule has 3 heteroatoms. The molecule has 0 radical (unpaired) electrons. The number of nitrogen functional groups attached to an aromatic ring is 1. The number of rotatable bonds is 2. The van der Waals surface area contributed by atoms with Gasteiger partial charge in [0.15, 0.2) is 6.29 Å². The highest BCUT2D eigenvalue weighted by molar-refractivity contribution is 6.35. The number of benzene rings is 7. The Balaban J connectivity index is 0.000000276. The molecule has 0 saturated carbocycles. The average Bonchev–Trinajstić information content (AvgIpc) is 2.98. The van der Waals surface area contributed by atoms with Crippen molar-refractivity contribution >= 4 is 61.3 Å². The van der Waals surface area contributed by atoms with Crippen molar-refractivity contribution in [3.63, 3.8) is 0 Å². The van der Waals surface area contributed by atoms with E-state index in [0.29, 0.717) is 0 Å². The summed E-state index contributed by atoms with van der Waals surface area (Å²) in [5.74, 6) is 0. The van der Waals surface area contributed by atoms with Crippen LogP contribution in [-0.2, 0) is 4.79 Å². The minimum atomic E-state index is 0.750. The highest BCUT2D eigenvalue weighted by Crippen LogP contribution is 2.45. The van der Waals surface area contributed by atoms with Gasteiger partial charge in [0.25, 0.3) is 0 Å². The number of carbonyl (C=O) groups is 2. The summed E-state index contributed by atoms with van der Waals surface area (Å²) < 4.78 is 0. The fourth-order valence-electron chi connectivity index (χ4n) is 5.67. The first-order chi connectivity index (χ1) is 19.5. The Morgan fingerprint density at radius 3 is 1.48 bits per heavy atom. The summed E-state index contributed by atoms with van der Waals surface area (Å²) in [6.45, 7) is 5.74. The monoisotopic (exact) mass is 521 g/mol. The largest absolute Gasteiger partial charge is 0.399 e. The smallest absolute Gasteiger partial charge is 0.150 e. The second-order valence-corrected chi connectivity index (χ2v) is 9.85. The highest BCUT2D eigenvalue weighted by Gasteiger charge is 2.18. The standard InChI is InChI=1S/C29H20O.C6H7N.C2H4O/c1-17-8-11-22-25-15-14-21(19-6-4-3-5-7-19)27-18(2)9-12-23(29(25)27)24-13-10-20(16-30)26(17)28(22)24;7-6-4-2-1-3-5-6;1-2-3/h3-16H,1-2H3;1-5H,7H2;2H,1H3. The Bertz CT molecular complexity index is 1940. The maximum Gasteiger partial charge on any atom is 0.150 e. The number of hydrogen-bond acceptors (Lipinski definition) is 3. The lowest BCUT2D eigenvalue weighted by Gasteiger charge is -2.19. The normalized spacial score (nSPS) is 10.7. The zero-order valence-electron chi connectivity index (χ0n) is 22.9. The summed E-state index contributed by atoms with van der Waals surface area (Å²) in [5.41, 5.74) is 11.9. The number of nitrogens with two attached hydrogens (primary N) is 1. The Morgan fingerprint density at radius 1 is 0.525 bits per heavy atom. The van der Waals surface area contributed by atoms with Gasteiger partial charge < -0.3 is 10.5 Å². The average molecular weight is 522 g/mol. The first-order valence-electron chi connectivity index (χ1n) is 13.3. The molecule has 3 nitrogen and oxygen atoms in total. The van der Waals surface area contributed by atoms with Crippen molar-refractivity contribution < 1.29 is 9.59 Å². The van der Waals surface area contributed by atoms with Crippen LogP contribution < -0.4 is 5.73 Å². The summed E-state index contributed by atoms with van der Waals surface area (Å²) in [6.07, 6.45) is 1.73. The zero-order valence-corrected chi connectivity index (χ0v) is 22.9. The molecule has 0 heterocycles. The van der Waals surface area contributed by atoms with Crippen LogP contribution in [0.1, 0.15) is 28.4 Å². The Morgan fingerprint density at radius 2 is 0.975 bits per heavy atom. The number of hydrogen-bond donors (Lipinski definition) is 1. The molecular formula is C37H31NO2. The van der Waals surface area contributed by atoms with E-state index in [1.807, 2.05) is 36.4 Å². The van der Waals surface area contributed by atoms with Crippen molar-refractivity contribution in [2.24, 2.45) is 0 Å². The number of fused-ring (bicyclic) bond motifs is 2. The van der Waals surface area contributed by atoms with Gasteiger partial charge in [0.2, 0.25) is 0 Å². The van der Waals surface area contributed by atoms with Crippen LogP contribution in [0.15, 0.2) is 109 Å². The van der Waals surface area contributed by atoms with E-state index in [0.717, 1.165) is 34.8 Å². The molecule has 0 bridgehead atoms. The van der Waals surface area contributed by atoms with E-state index >= 15 is 0 Å². The predicted molar refractivity (Wildman–Crippen MR) is 171 cm³/mol. The van der Waals surface area contributed by atoms with Gasteiger partial charge in [-0.1, -0.05) is 97.1 Å². The lowest BCUT2D eigenvalue weighted by Crippen LogP contribution is -1.94. The van der Waals surface area contributed by atoms with E-state index < -0.39 is 0 Å². The van der Waals surface area contributed by atoms with Gasteiger partial charge in [-0.05, 0) is 98.2 Å². The van der Waals surface area contributed by atoms with Gasteiger partial charge in [-0.15, -0.1) is 0 Å². The molecule has 0 aromatic heterocycles. The highest BCUT2D eigenvalue weighted by atomic mass is 16.1. The fraction of sp³-hybridized carbons (Fsp3) is 0.0811. The van der Waals surface area contributed by atoms with Crippen molar-refractivity contribution in [1.82, 2.24) is 0 Å². The van der Waals surface area contributed by atoms with Crippen molar-refractivity contribution in [1.29, 1.82) is 0 Å². The zero-order chi connectivity index (χ0) is 28.2.